The van der Waals surface area contributed by atoms with Crippen LogP contribution >= 0.6 is 22.7 Å². The Balaban J connectivity index is 1.64. The molecule has 0 aliphatic rings. The van der Waals surface area contributed by atoms with Gasteiger partial charge in [-0.2, -0.15) is 0 Å². The Bertz CT molecular complexity index is 1130. The van der Waals surface area contributed by atoms with Crippen molar-refractivity contribution in [3.8, 4) is 10.6 Å². The highest BCUT2D eigenvalue weighted by Crippen LogP contribution is 2.28. The highest BCUT2D eigenvalue weighted by Gasteiger charge is 2.15. The fourth-order valence-electron chi connectivity index (χ4n) is 2.37. The van der Waals surface area contributed by atoms with Crippen LogP contribution in [0.4, 0.5) is 5.13 Å². The molecule has 4 aromatic rings. The van der Waals surface area contributed by atoms with E-state index < -0.39 is 11.5 Å². The molecule has 6 nitrogen and oxygen atoms in total. The summed E-state index contributed by atoms with van der Waals surface area (Å²) in [5, 5.41) is 6.97. The number of nitrogens with one attached hydrogen (secondary N) is 1. The highest BCUT2D eigenvalue weighted by molar-refractivity contribution is 7.16. The maximum atomic E-state index is 12.6. The van der Waals surface area contributed by atoms with Crippen LogP contribution in [0.3, 0.4) is 0 Å². The first-order chi connectivity index (χ1) is 12.1. The van der Waals surface area contributed by atoms with E-state index in [1.807, 2.05) is 35.9 Å². The van der Waals surface area contributed by atoms with E-state index in [-0.39, 0.29) is 5.56 Å². The van der Waals surface area contributed by atoms with Crippen LogP contribution in [-0.2, 0) is 0 Å². The molecule has 0 saturated carbocycles. The van der Waals surface area contributed by atoms with E-state index in [9.17, 15) is 9.59 Å². The maximum Gasteiger partial charge on any atom is 0.270 e. The number of pyridine rings is 1. The van der Waals surface area contributed by atoms with E-state index in [4.69, 9.17) is 0 Å². The quantitative estimate of drug-likeness (QED) is 0.601. The Morgan fingerprint density at radius 1 is 1.24 bits per heavy atom. The topological polar surface area (TPSA) is 76.4 Å². The second-order valence-electron chi connectivity index (χ2n) is 5.38. The number of thiazole rings is 1. The second kappa shape index (κ2) is 6.23. The number of hydrogen-bond acceptors (Lipinski definition) is 6. The van der Waals surface area contributed by atoms with Crippen molar-refractivity contribution < 1.29 is 4.79 Å². The van der Waals surface area contributed by atoms with Gasteiger partial charge in [0.05, 0.1) is 10.6 Å². The maximum absolute atomic E-state index is 12.6. The molecule has 0 spiro atoms. The van der Waals surface area contributed by atoms with Crippen molar-refractivity contribution >= 4 is 39.4 Å². The van der Waals surface area contributed by atoms with Gasteiger partial charge >= 0.3 is 0 Å². The molecule has 124 valence electrons. The molecule has 1 N–H and O–H groups in total. The zero-order chi connectivity index (χ0) is 17.4. The average molecular weight is 368 g/mol. The van der Waals surface area contributed by atoms with Crippen molar-refractivity contribution in [1.29, 1.82) is 0 Å². The van der Waals surface area contributed by atoms with Gasteiger partial charge in [0.1, 0.15) is 11.2 Å². The molecule has 4 rings (SSSR count). The summed E-state index contributed by atoms with van der Waals surface area (Å²) in [5.41, 5.74) is 1.80. The number of rotatable bonds is 3. The molecule has 0 atom stereocenters. The van der Waals surface area contributed by atoms with Crippen molar-refractivity contribution in [1.82, 2.24) is 14.4 Å². The second-order valence-corrected chi connectivity index (χ2v) is 7.19. The number of anilines is 1. The molecular weight excluding hydrogens is 356 g/mol. The van der Waals surface area contributed by atoms with Crippen LogP contribution in [0, 0.1) is 6.92 Å². The number of hydrogen-bond donors (Lipinski definition) is 1. The molecule has 1 amide bonds. The summed E-state index contributed by atoms with van der Waals surface area (Å²) in [6.45, 7) is 1.88. The summed E-state index contributed by atoms with van der Waals surface area (Å²) < 4.78 is 1.38. The SMILES string of the molecule is Cc1ccc2ncc(C(=O)Nc3nc(-c4cccs4)cs3)c(=O)n2c1. The molecule has 0 radical (unpaired) electrons. The lowest BCUT2D eigenvalue weighted by Crippen LogP contribution is -2.26. The molecule has 25 heavy (non-hydrogen) atoms. The van der Waals surface area contributed by atoms with Crippen LogP contribution in [0.2, 0.25) is 0 Å². The lowest BCUT2D eigenvalue weighted by molar-refractivity contribution is 0.102. The van der Waals surface area contributed by atoms with Crippen LogP contribution in [0.15, 0.2) is 52.2 Å². The summed E-state index contributed by atoms with van der Waals surface area (Å²) in [6, 6.07) is 7.52. The fraction of sp³-hybridized carbons (Fsp3) is 0.0588. The number of aryl methyl sites for hydroxylation is 1. The van der Waals surface area contributed by atoms with Crippen LogP contribution in [0.5, 0.6) is 0 Å². The molecule has 8 heteroatoms. The lowest BCUT2D eigenvalue weighted by Gasteiger charge is -2.05. The van der Waals surface area contributed by atoms with Gasteiger partial charge in [-0.1, -0.05) is 12.1 Å². The Kier molecular flexibility index (Phi) is 3.90. The molecule has 0 aliphatic heterocycles. The number of nitrogens with zero attached hydrogens (tertiary/aromatic N) is 3. The van der Waals surface area contributed by atoms with E-state index in [0.29, 0.717) is 10.8 Å². The first-order valence-electron chi connectivity index (χ1n) is 7.40. The Hall–Kier alpha value is -2.84. The summed E-state index contributed by atoms with van der Waals surface area (Å²) in [6.07, 6.45) is 2.97. The molecule has 0 bridgehead atoms. The average Bonchev–Trinajstić information content (AvgIpc) is 3.27. The number of carbonyl (C=O) groups excluding carboxylic acids is 1. The summed E-state index contributed by atoms with van der Waals surface area (Å²) >= 11 is 2.90. The zero-order valence-electron chi connectivity index (χ0n) is 13.1. The van der Waals surface area contributed by atoms with Gasteiger partial charge in [0.25, 0.3) is 11.5 Å². The summed E-state index contributed by atoms with van der Waals surface area (Å²) in [4.78, 5) is 34.6. The number of thiophene rings is 1. The lowest BCUT2D eigenvalue weighted by atomic mass is 10.3. The molecule has 4 aromatic heterocycles. The first kappa shape index (κ1) is 15.7. The fourth-order valence-corrected chi connectivity index (χ4v) is 3.84. The first-order valence-corrected chi connectivity index (χ1v) is 9.16. The van der Waals surface area contributed by atoms with Gasteiger partial charge < -0.3 is 0 Å². The predicted octanol–water partition coefficient (Wildman–Crippen LogP) is 3.44. The van der Waals surface area contributed by atoms with Gasteiger partial charge in [0.15, 0.2) is 5.13 Å². The van der Waals surface area contributed by atoms with Gasteiger partial charge in [-0.3, -0.25) is 19.3 Å². The minimum Gasteiger partial charge on any atom is -0.298 e. The molecule has 4 heterocycles. The van der Waals surface area contributed by atoms with Crippen LogP contribution in [0.1, 0.15) is 15.9 Å². The van der Waals surface area contributed by atoms with Crippen LogP contribution in [0.25, 0.3) is 16.2 Å². The van der Waals surface area contributed by atoms with Crippen molar-refractivity contribution in [2.24, 2.45) is 0 Å². The van der Waals surface area contributed by atoms with Crippen molar-refractivity contribution in [2.75, 3.05) is 5.32 Å². The normalized spacial score (nSPS) is 10.9. The molecule has 0 aliphatic carbocycles. The largest absolute Gasteiger partial charge is 0.298 e. The third-order valence-electron chi connectivity index (χ3n) is 3.59. The minimum absolute atomic E-state index is 0.0176. The van der Waals surface area contributed by atoms with Gasteiger partial charge in [-0.25, -0.2) is 9.97 Å². The third-order valence-corrected chi connectivity index (χ3v) is 5.24. The predicted molar refractivity (Wildman–Crippen MR) is 99.6 cm³/mol. The molecule has 0 unspecified atom stereocenters. The Morgan fingerprint density at radius 3 is 2.92 bits per heavy atom. The Morgan fingerprint density at radius 2 is 2.12 bits per heavy atom. The van der Waals surface area contributed by atoms with Crippen LogP contribution < -0.4 is 10.9 Å². The third kappa shape index (κ3) is 2.97. The van der Waals surface area contributed by atoms with Gasteiger partial charge in [-0.15, -0.1) is 22.7 Å². The van der Waals surface area contributed by atoms with E-state index in [0.717, 1.165) is 16.1 Å². The van der Waals surface area contributed by atoms with Crippen molar-refractivity contribution in [2.45, 2.75) is 6.92 Å². The standard InChI is InChI=1S/C17H12N4O2S2/c1-10-4-5-14-18-7-11(16(23)21(14)8-10)15(22)20-17-19-12(9-25-17)13-3-2-6-24-13/h2-9H,1H3,(H,19,20,22). The van der Waals surface area contributed by atoms with Crippen LogP contribution in [-0.4, -0.2) is 20.3 Å². The number of fused-ring (bicyclic) bond motifs is 1. The van der Waals surface area contributed by atoms with Crippen molar-refractivity contribution in [3.05, 3.63) is 68.9 Å². The highest BCUT2D eigenvalue weighted by atomic mass is 32.1. The van der Waals surface area contributed by atoms with E-state index in [2.05, 4.69) is 15.3 Å². The number of amides is 1. The monoisotopic (exact) mass is 368 g/mol. The van der Waals surface area contributed by atoms with Crippen molar-refractivity contribution in [3.63, 3.8) is 0 Å². The zero-order valence-corrected chi connectivity index (χ0v) is 14.7. The van der Waals surface area contributed by atoms with E-state index in [1.165, 1.54) is 21.9 Å². The van der Waals surface area contributed by atoms with E-state index in [1.54, 1.807) is 23.6 Å². The number of aromatic nitrogens is 3. The number of carbonyl (C=O) groups is 1. The van der Waals surface area contributed by atoms with Gasteiger partial charge in [0.2, 0.25) is 0 Å². The smallest absolute Gasteiger partial charge is 0.270 e. The summed E-state index contributed by atoms with van der Waals surface area (Å²) in [7, 11) is 0. The molecule has 0 aromatic carbocycles. The molecule has 0 saturated heterocycles. The molecule has 0 fully saturated rings. The molecular formula is C17H12N4O2S2. The Labute approximate surface area is 150 Å². The van der Waals surface area contributed by atoms with Gasteiger partial charge in [0, 0.05) is 17.8 Å². The van der Waals surface area contributed by atoms with E-state index >= 15 is 0 Å². The summed E-state index contributed by atoms with van der Waals surface area (Å²) in [5.74, 6) is -0.513. The van der Waals surface area contributed by atoms with Gasteiger partial charge in [-0.05, 0) is 30.0 Å². The minimum atomic E-state index is -0.513.